The van der Waals surface area contributed by atoms with Crippen molar-refractivity contribution in [2.75, 3.05) is 6.54 Å². The third-order valence-electron chi connectivity index (χ3n) is 2.85. The number of aryl methyl sites for hydroxylation is 1. The van der Waals surface area contributed by atoms with Gasteiger partial charge in [0.05, 0.1) is 5.69 Å². The number of hydrogen-bond acceptors (Lipinski definition) is 3. The number of aliphatic carboxylic acids is 1. The highest BCUT2D eigenvalue weighted by Gasteiger charge is 2.28. The molecule has 2 rings (SSSR count). The van der Waals surface area contributed by atoms with E-state index in [0.717, 1.165) is 18.7 Å². The zero-order chi connectivity index (χ0) is 10.8. The van der Waals surface area contributed by atoms with Gasteiger partial charge < -0.3 is 10.4 Å². The lowest BCUT2D eigenvalue weighted by Gasteiger charge is -2.26. The van der Waals surface area contributed by atoms with Gasteiger partial charge in [0.15, 0.2) is 0 Å². The molecule has 1 aliphatic heterocycles. The molecule has 2 unspecified atom stereocenters. The van der Waals surface area contributed by atoms with E-state index < -0.39 is 12.0 Å². The molecule has 2 atom stereocenters. The van der Waals surface area contributed by atoms with Gasteiger partial charge >= 0.3 is 5.97 Å². The Bertz CT molecular complexity index is 361. The summed E-state index contributed by atoms with van der Waals surface area (Å²) in [5, 5.41) is 16.2. The van der Waals surface area contributed by atoms with Crippen LogP contribution in [0.15, 0.2) is 12.3 Å². The molecule has 0 saturated carbocycles. The second-order valence-electron chi connectivity index (χ2n) is 3.98. The van der Waals surface area contributed by atoms with Gasteiger partial charge in [-0.15, -0.1) is 0 Å². The predicted molar refractivity (Wildman–Crippen MR) is 54.6 cm³/mol. The van der Waals surface area contributed by atoms with Gasteiger partial charge in [-0.05, 0) is 25.5 Å². The molecular weight excluding hydrogens is 194 g/mol. The lowest BCUT2D eigenvalue weighted by molar-refractivity contribution is -0.140. The van der Waals surface area contributed by atoms with E-state index in [1.807, 2.05) is 19.3 Å². The Morgan fingerprint density at radius 1 is 1.73 bits per heavy atom. The molecule has 0 amide bonds. The van der Waals surface area contributed by atoms with Crippen molar-refractivity contribution in [1.82, 2.24) is 15.1 Å². The van der Waals surface area contributed by atoms with Crippen molar-refractivity contribution in [3.8, 4) is 0 Å². The second kappa shape index (κ2) is 4.02. The Morgan fingerprint density at radius 2 is 2.53 bits per heavy atom. The molecule has 1 aromatic heterocycles. The van der Waals surface area contributed by atoms with Crippen LogP contribution in [0.1, 0.15) is 24.5 Å². The first-order valence-electron chi connectivity index (χ1n) is 5.12. The first kappa shape index (κ1) is 10.2. The summed E-state index contributed by atoms with van der Waals surface area (Å²) in [6, 6.07) is 1.54. The highest BCUT2D eigenvalue weighted by atomic mass is 16.4. The van der Waals surface area contributed by atoms with Crippen LogP contribution in [0.5, 0.6) is 0 Å². The summed E-state index contributed by atoms with van der Waals surface area (Å²) in [6.07, 6.45) is 3.49. The van der Waals surface area contributed by atoms with Crippen molar-refractivity contribution < 1.29 is 9.90 Å². The lowest BCUT2D eigenvalue weighted by Crippen LogP contribution is -2.42. The summed E-state index contributed by atoms with van der Waals surface area (Å²) >= 11 is 0. The molecule has 15 heavy (non-hydrogen) atoms. The van der Waals surface area contributed by atoms with Crippen LogP contribution in [0, 0.1) is 0 Å². The number of rotatable bonds is 2. The van der Waals surface area contributed by atoms with Gasteiger partial charge in [0.1, 0.15) is 6.04 Å². The number of nitrogens with zero attached hydrogens (tertiary/aromatic N) is 2. The molecular formula is C10H15N3O2. The fraction of sp³-hybridized carbons (Fsp3) is 0.600. The van der Waals surface area contributed by atoms with E-state index in [2.05, 4.69) is 10.4 Å². The first-order chi connectivity index (χ1) is 7.16. The van der Waals surface area contributed by atoms with Gasteiger partial charge in [-0.1, -0.05) is 0 Å². The van der Waals surface area contributed by atoms with E-state index in [-0.39, 0.29) is 5.92 Å². The standard InChI is InChI=1S/C10H15N3O2/c1-13-5-3-8(12-13)7-2-4-11-9(6-7)10(14)15/h3,5,7,9,11H,2,4,6H2,1H3,(H,14,15). The Hall–Kier alpha value is -1.36. The molecule has 0 radical (unpaired) electrons. The smallest absolute Gasteiger partial charge is 0.320 e. The van der Waals surface area contributed by atoms with E-state index in [9.17, 15) is 4.79 Å². The van der Waals surface area contributed by atoms with Crippen LogP contribution in [-0.4, -0.2) is 33.4 Å². The summed E-state index contributed by atoms with van der Waals surface area (Å²) < 4.78 is 1.76. The molecule has 0 aromatic carbocycles. The molecule has 82 valence electrons. The molecule has 2 heterocycles. The summed E-state index contributed by atoms with van der Waals surface area (Å²) in [5.41, 5.74) is 1.00. The highest BCUT2D eigenvalue weighted by molar-refractivity contribution is 5.73. The van der Waals surface area contributed by atoms with Gasteiger partial charge in [-0.25, -0.2) is 0 Å². The molecule has 1 aliphatic rings. The number of hydrogen-bond donors (Lipinski definition) is 2. The number of carbonyl (C=O) groups is 1. The highest BCUT2D eigenvalue weighted by Crippen LogP contribution is 2.26. The minimum Gasteiger partial charge on any atom is -0.480 e. The molecule has 0 spiro atoms. The SMILES string of the molecule is Cn1ccc(C2CCNC(C(=O)O)C2)n1. The number of nitrogens with one attached hydrogen (secondary N) is 1. The molecule has 1 saturated heterocycles. The van der Waals surface area contributed by atoms with Gasteiger partial charge in [0, 0.05) is 19.2 Å². The first-order valence-corrected chi connectivity index (χ1v) is 5.12. The molecule has 5 heteroatoms. The van der Waals surface area contributed by atoms with E-state index in [1.165, 1.54) is 0 Å². The zero-order valence-corrected chi connectivity index (χ0v) is 8.68. The minimum absolute atomic E-state index is 0.272. The summed E-state index contributed by atoms with van der Waals surface area (Å²) in [6.45, 7) is 0.748. The molecule has 2 N–H and O–H groups in total. The topological polar surface area (TPSA) is 67.2 Å². The Morgan fingerprint density at radius 3 is 3.13 bits per heavy atom. The Balaban J connectivity index is 2.07. The van der Waals surface area contributed by atoms with Crippen LogP contribution in [0.2, 0.25) is 0 Å². The third kappa shape index (κ3) is 2.18. The second-order valence-corrected chi connectivity index (χ2v) is 3.98. The van der Waals surface area contributed by atoms with Crippen molar-refractivity contribution in [3.63, 3.8) is 0 Å². The van der Waals surface area contributed by atoms with Gasteiger partial charge in [-0.2, -0.15) is 5.10 Å². The number of piperidine rings is 1. The molecule has 1 fully saturated rings. The van der Waals surface area contributed by atoms with Crippen LogP contribution < -0.4 is 5.32 Å². The molecule has 1 aromatic rings. The van der Waals surface area contributed by atoms with Crippen LogP contribution >= 0.6 is 0 Å². The van der Waals surface area contributed by atoms with E-state index in [1.54, 1.807) is 4.68 Å². The Kier molecular flexibility index (Phi) is 2.73. The molecule has 0 aliphatic carbocycles. The van der Waals surface area contributed by atoms with Gasteiger partial charge in [0.2, 0.25) is 0 Å². The molecule has 0 bridgehead atoms. The largest absolute Gasteiger partial charge is 0.480 e. The summed E-state index contributed by atoms with van der Waals surface area (Å²) in [7, 11) is 1.87. The van der Waals surface area contributed by atoms with E-state index in [4.69, 9.17) is 5.11 Å². The fourth-order valence-corrected chi connectivity index (χ4v) is 2.03. The van der Waals surface area contributed by atoms with Crippen LogP contribution in [0.4, 0.5) is 0 Å². The number of aromatic nitrogens is 2. The summed E-state index contributed by atoms with van der Waals surface area (Å²) in [5.74, 6) is -0.496. The average molecular weight is 209 g/mol. The van der Waals surface area contributed by atoms with Crippen LogP contribution in [0.25, 0.3) is 0 Å². The van der Waals surface area contributed by atoms with Crippen molar-refractivity contribution in [2.24, 2.45) is 7.05 Å². The van der Waals surface area contributed by atoms with Crippen molar-refractivity contribution in [2.45, 2.75) is 24.8 Å². The average Bonchev–Trinajstić information content (AvgIpc) is 2.65. The van der Waals surface area contributed by atoms with Gasteiger partial charge in [0.25, 0.3) is 0 Å². The molecule has 5 nitrogen and oxygen atoms in total. The lowest BCUT2D eigenvalue weighted by atomic mass is 9.90. The predicted octanol–water partition coefficient (Wildman–Crippen LogP) is 0.340. The van der Waals surface area contributed by atoms with Gasteiger partial charge in [-0.3, -0.25) is 9.48 Å². The zero-order valence-electron chi connectivity index (χ0n) is 8.68. The Labute approximate surface area is 88.1 Å². The van der Waals surface area contributed by atoms with Crippen molar-refractivity contribution >= 4 is 5.97 Å². The normalized spacial score (nSPS) is 26.5. The van der Waals surface area contributed by atoms with E-state index >= 15 is 0 Å². The van der Waals surface area contributed by atoms with Crippen molar-refractivity contribution in [1.29, 1.82) is 0 Å². The monoisotopic (exact) mass is 209 g/mol. The third-order valence-corrected chi connectivity index (χ3v) is 2.85. The van der Waals surface area contributed by atoms with Crippen LogP contribution in [-0.2, 0) is 11.8 Å². The maximum Gasteiger partial charge on any atom is 0.320 e. The van der Waals surface area contributed by atoms with Crippen LogP contribution in [0.3, 0.4) is 0 Å². The van der Waals surface area contributed by atoms with E-state index in [0.29, 0.717) is 6.42 Å². The number of carboxylic acid groups (broad SMARTS) is 1. The fourth-order valence-electron chi connectivity index (χ4n) is 2.03. The number of carboxylic acids is 1. The maximum atomic E-state index is 10.8. The van der Waals surface area contributed by atoms with Crippen molar-refractivity contribution in [3.05, 3.63) is 18.0 Å². The maximum absolute atomic E-state index is 10.8. The summed E-state index contributed by atoms with van der Waals surface area (Å²) in [4.78, 5) is 10.8. The quantitative estimate of drug-likeness (QED) is 0.737. The minimum atomic E-state index is -0.768.